The van der Waals surface area contributed by atoms with Crippen LogP contribution in [0.25, 0.3) is 0 Å². The van der Waals surface area contributed by atoms with Gasteiger partial charge in [-0.2, -0.15) is 0 Å². The molecule has 1 unspecified atom stereocenters. The molecule has 0 bridgehead atoms. The second-order valence-electron chi connectivity index (χ2n) is 6.37. The Kier molecular flexibility index (Phi) is 6.49. The van der Waals surface area contributed by atoms with Gasteiger partial charge >= 0.3 is 7.60 Å². The van der Waals surface area contributed by atoms with E-state index >= 15 is 0 Å². The third-order valence-electron chi connectivity index (χ3n) is 3.38. The molecule has 25 heavy (non-hydrogen) atoms. The van der Waals surface area contributed by atoms with Gasteiger partial charge in [0, 0.05) is 11.8 Å². The first kappa shape index (κ1) is 19.8. The van der Waals surface area contributed by atoms with Gasteiger partial charge in [-0.25, -0.2) is 0 Å². The zero-order valence-electron chi connectivity index (χ0n) is 15.3. The lowest BCUT2D eigenvalue weighted by molar-refractivity contribution is -0.116. The lowest BCUT2D eigenvalue weighted by atomic mass is 10.2. The molecule has 2 rings (SSSR count). The number of fused-ring (bicyclic) bond motifs is 1. The van der Waals surface area contributed by atoms with Crippen LogP contribution in [-0.4, -0.2) is 37.0 Å². The minimum atomic E-state index is -3.61. The number of ether oxygens (including phenoxy) is 2. The molecular weight excluding hydrogens is 345 g/mol. The fraction of sp³-hybridized carbons (Fsp3) is 0.588. The van der Waals surface area contributed by atoms with Gasteiger partial charge in [0.05, 0.1) is 12.2 Å². The monoisotopic (exact) mass is 371 g/mol. The number of benzene rings is 1. The van der Waals surface area contributed by atoms with E-state index in [2.05, 4.69) is 5.32 Å². The summed E-state index contributed by atoms with van der Waals surface area (Å²) in [6.45, 7) is 9.50. The largest absolute Gasteiger partial charge is 0.486 e. The second kappa shape index (κ2) is 8.21. The third-order valence-corrected chi connectivity index (χ3v) is 5.99. The van der Waals surface area contributed by atoms with Crippen molar-refractivity contribution in [2.24, 2.45) is 0 Å². The van der Waals surface area contributed by atoms with E-state index in [-0.39, 0.29) is 12.2 Å². The minimum Gasteiger partial charge on any atom is -0.486 e. The molecule has 1 aliphatic rings. The lowest BCUT2D eigenvalue weighted by Gasteiger charge is -2.27. The van der Waals surface area contributed by atoms with Gasteiger partial charge in [-0.1, -0.05) is 0 Å². The first-order valence-corrected chi connectivity index (χ1v) is 9.99. The smallest absolute Gasteiger partial charge is 0.343 e. The van der Waals surface area contributed by atoms with E-state index in [0.29, 0.717) is 30.4 Å². The molecule has 0 spiro atoms. The van der Waals surface area contributed by atoms with Gasteiger partial charge in [-0.15, -0.1) is 0 Å². The number of hydrogen-bond donors (Lipinski definition) is 1. The van der Waals surface area contributed by atoms with Crippen molar-refractivity contribution in [1.29, 1.82) is 0 Å². The Morgan fingerprint density at radius 1 is 1.04 bits per heavy atom. The van der Waals surface area contributed by atoms with Crippen molar-refractivity contribution < 1.29 is 27.9 Å². The van der Waals surface area contributed by atoms with E-state index in [0.717, 1.165) is 0 Å². The van der Waals surface area contributed by atoms with Gasteiger partial charge in [0.2, 0.25) is 5.91 Å². The molecule has 1 heterocycles. The molecule has 0 saturated heterocycles. The van der Waals surface area contributed by atoms with Crippen molar-refractivity contribution in [2.45, 2.75) is 52.5 Å². The van der Waals surface area contributed by atoms with E-state index in [1.54, 1.807) is 52.8 Å². The van der Waals surface area contributed by atoms with Gasteiger partial charge < -0.3 is 23.8 Å². The molecule has 7 nitrogen and oxygen atoms in total. The van der Waals surface area contributed by atoms with Crippen molar-refractivity contribution >= 4 is 19.2 Å². The Morgan fingerprint density at radius 3 is 2.16 bits per heavy atom. The van der Waals surface area contributed by atoms with Crippen LogP contribution in [-0.2, 0) is 18.4 Å². The van der Waals surface area contributed by atoms with Crippen molar-refractivity contribution in [3.63, 3.8) is 0 Å². The van der Waals surface area contributed by atoms with Crippen LogP contribution in [0.2, 0.25) is 0 Å². The molecular formula is C17H26NO6P. The van der Waals surface area contributed by atoms with E-state index in [1.807, 2.05) is 0 Å². The Balaban J connectivity index is 2.13. The Bertz CT molecular complexity index is 647. The number of nitrogens with one attached hydrogen (secondary N) is 1. The molecule has 1 atom stereocenters. The maximum absolute atomic E-state index is 13.0. The average molecular weight is 371 g/mol. The molecule has 1 aromatic rings. The summed E-state index contributed by atoms with van der Waals surface area (Å²) in [6.07, 6.45) is -0.650. The molecule has 0 aliphatic carbocycles. The van der Waals surface area contributed by atoms with Crippen LogP contribution in [0, 0.1) is 0 Å². The number of amides is 1. The molecule has 0 aromatic heterocycles. The highest BCUT2D eigenvalue weighted by atomic mass is 31.2. The van der Waals surface area contributed by atoms with Crippen LogP contribution in [0.5, 0.6) is 11.5 Å². The summed E-state index contributed by atoms with van der Waals surface area (Å²) in [5.41, 5.74) is -0.424. The number of rotatable bonds is 7. The molecule has 8 heteroatoms. The van der Waals surface area contributed by atoms with Gasteiger partial charge in [-0.3, -0.25) is 9.36 Å². The average Bonchev–Trinajstić information content (AvgIpc) is 2.52. The maximum Gasteiger partial charge on any atom is 0.343 e. The normalized spacial score (nSPS) is 15.3. The zero-order valence-corrected chi connectivity index (χ0v) is 16.2. The predicted molar refractivity (Wildman–Crippen MR) is 95.6 cm³/mol. The fourth-order valence-corrected chi connectivity index (χ4v) is 4.25. The molecule has 1 aliphatic heterocycles. The topological polar surface area (TPSA) is 83.1 Å². The molecule has 140 valence electrons. The van der Waals surface area contributed by atoms with Gasteiger partial charge in [0.25, 0.3) is 0 Å². The summed E-state index contributed by atoms with van der Waals surface area (Å²) < 4.78 is 35.0. The van der Waals surface area contributed by atoms with Gasteiger partial charge in [0.15, 0.2) is 11.5 Å². The number of hydrogen-bond acceptors (Lipinski definition) is 6. The van der Waals surface area contributed by atoms with Crippen molar-refractivity contribution in [2.75, 3.05) is 18.5 Å². The van der Waals surface area contributed by atoms with Crippen LogP contribution in [0.3, 0.4) is 0 Å². The van der Waals surface area contributed by atoms with Crippen LogP contribution < -0.4 is 14.8 Å². The van der Waals surface area contributed by atoms with E-state index in [4.69, 9.17) is 18.5 Å². The van der Waals surface area contributed by atoms with Crippen LogP contribution >= 0.6 is 7.60 Å². The molecule has 1 amide bonds. The van der Waals surface area contributed by atoms with Gasteiger partial charge in [-0.05, 0) is 46.8 Å². The van der Waals surface area contributed by atoms with E-state index in [1.165, 1.54) is 0 Å². The Hall–Kier alpha value is -1.56. The molecule has 0 radical (unpaired) electrons. The summed E-state index contributed by atoms with van der Waals surface area (Å²) in [5.74, 6) is 0.757. The molecule has 0 saturated carbocycles. The summed E-state index contributed by atoms with van der Waals surface area (Å²) in [6, 6.07) is 5.11. The highest BCUT2D eigenvalue weighted by Gasteiger charge is 2.39. The van der Waals surface area contributed by atoms with Crippen LogP contribution in [0.1, 0.15) is 34.6 Å². The van der Waals surface area contributed by atoms with E-state index in [9.17, 15) is 9.36 Å². The first-order chi connectivity index (χ1) is 11.7. The summed E-state index contributed by atoms with van der Waals surface area (Å²) >= 11 is 0. The maximum atomic E-state index is 13.0. The Morgan fingerprint density at radius 2 is 1.60 bits per heavy atom. The van der Waals surface area contributed by atoms with Crippen molar-refractivity contribution in [3.8, 4) is 11.5 Å². The number of carbonyl (C=O) groups excluding carboxylic acids is 1. The van der Waals surface area contributed by atoms with E-state index < -0.39 is 19.2 Å². The zero-order chi connectivity index (χ0) is 18.6. The molecule has 0 fully saturated rings. The van der Waals surface area contributed by atoms with Crippen molar-refractivity contribution in [3.05, 3.63) is 18.2 Å². The Labute approximate surface area is 148 Å². The highest BCUT2D eigenvalue weighted by Crippen LogP contribution is 2.55. The number of carbonyl (C=O) groups is 1. The van der Waals surface area contributed by atoms with Crippen LogP contribution in [0.4, 0.5) is 5.69 Å². The summed E-state index contributed by atoms with van der Waals surface area (Å²) in [7, 11) is -3.61. The minimum absolute atomic E-state index is 0.325. The predicted octanol–water partition coefficient (Wildman–Crippen LogP) is 3.83. The number of anilines is 1. The summed E-state index contributed by atoms with van der Waals surface area (Å²) in [5, 5.41) is 2.74. The first-order valence-electron chi connectivity index (χ1n) is 8.38. The highest BCUT2D eigenvalue weighted by molar-refractivity contribution is 7.55. The SMILES string of the molecule is CC(C)OP(=O)(OC(C)C)C(C)C(=O)Nc1ccc2c(c1)OCCO2. The standard InChI is InChI=1S/C17H26NO6P/c1-11(2)23-25(20,24-12(3)4)13(5)17(19)18-14-6-7-15-16(10-14)22-9-8-21-15/h6-7,10-13H,8-9H2,1-5H3,(H,18,19). The fourth-order valence-electron chi connectivity index (χ4n) is 2.31. The third kappa shape index (κ3) is 5.21. The quantitative estimate of drug-likeness (QED) is 0.734. The lowest BCUT2D eigenvalue weighted by Crippen LogP contribution is -2.28. The van der Waals surface area contributed by atoms with Gasteiger partial charge in [0.1, 0.15) is 18.9 Å². The molecule has 1 aromatic carbocycles. The van der Waals surface area contributed by atoms with Crippen LogP contribution in [0.15, 0.2) is 18.2 Å². The second-order valence-corrected chi connectivity index (χ2v) is 8.65. The summed E-state index contributed by atoms with van der Waals surface area (Å²) in [4.78, 5) is 12.6. The van der Waals surface area contributed by atoms with Crippen molar-refractivity contribution in [1.82, 2.24) is 0 Å². The molecule has 1 N–H and O–H groups in total.